The summed E-state index contributed by atoms with van der Waals surface area (Å²) < 4.78 is 42.2. The molecule has 8 nitrogen and oxygen atoms in total. The number of hydrogen-bond acceptors (Lipinski definition) is 6. The number of benzene rings is 1. The Hall–Kier alpha value is -2.00. The first kappa shape index (κ1) is 26.3. The van der Waals surface area contributed by atoms with E-state index in [2.05, 4.69) is 15.3 Å². The third kappa shape index (κ3) is 5.49. The largest absolute Gasteiger partial charge is 1.00 e. The van der Waals surface area contributed by atoms with Crippen molar-refractivity contribution in [1.29, 1.82) is 0 Å². The molecule has 3 aromatic rings. The summed E-state index contributed by atoms with van der Waals surface area (Å²) in [4.78, 5) is 20.3. The highest BCUT2D eigenvalue weighted by Crippen LogP contribution is 2.37. The maximum Gasteiger partial charge on any atom is 0.446 e. The van der Waals surface area contributed by atoms with Crippen LogP contribution in [0.5, 0.6) is 0 Å². The maximum atomic E-state index is 12.8. The molecular formula is C18H20ClF3IN7OS. The van der Waals surface area contributed by atoms with Crippen LogP contribution in [0.3, 0.4) is 0 Å². The number of fused-ring (bicyclic) bond motifs is 1. The number of hydrogen-bond donors (Lipinski definition) is 3. The molecule has 32 heavy (non-hydrogen) atoms. The van der Waals surface area contributed by atoms with Gasteiger partial charge in [-0.1, -0.05) is 11.6 Å². The highest BCUT2D eigenvalue weighted by molar-refractivity contribution is 8.00. The average Bonchev–Trinajstić information content (AvgIpc) is 2.99. The van der Waals surface area contributed by atoms with E-state index in [4.69, 9.17) is 23.1 Å². The summed E-state index contributed by atoms with van der Waals surface area (Å²) in [5.41, 5.74) is 8.11. The topological polar surface area (TPSA) is 116 Å². The number of aryl methyl sites for hydroxylation is 2. The van der Waals surface area contributed by atoms with E-state index in [1.54, 1.807) is 6.07 Å². The Balaban J connectivity index is 0.00000363. The molecule has 0 bridgehead atoms. The zero-order chi connectivity index (χ0) is 22.9. The number of nitrogens with one attached hydrogen (secondary N) is 1. The second-order valence-corrected chi connectivity index (χ2v) is 7.92. The van der Waals surface area contributed by atoms with Crippen molar-refractivity contribution in [2.24, 2.45) is 0 Å². The van der Waals surface area contributed by atoms with E-state index in [-0.39, 0.29) is 69.7 Å². The fraction of sp³-hybridized carbons (Fsp3) is 0.333. The van der Waals surface area contributed by atoms with E-state index in [9.17, 15) is 18.0 Å². The number of rotatable bonds is 6. The molecule has 2 heterocycles. The molecule has 0 aliphatic rings. The molecule has 2 aromatic heterocycles. The van der Waals surface area contributed by atoms with Gasteiger partial charge in [0.15, 0.2) is 33.5 Å². The van der Waals surface area contributed by atoms with E-state index in [0.717, 1.165) is 5.52 Å². The summed E-state index contributed by atoms with van der Waals surface area (Å²) >= 11 is 5.66. The van der Waals surface area contributed by atoms with Crippen molar-refractivity contribution in [3.05, 3.63) is 34.9 Å². The van der Waals surface area contributed by atoms with Gasteiger partial charge in [-0.15, -0.1) is 0 Å². The number of imidazole rings is 1. The van der Waals surface area contributed by atoms with Gasteiger partial charge in [-0.05, 0) is 37.7 Å². The van der Waals surface area contributed by atoms with Crippen molar-refractivity contribution >= 4 is 51.9 Å². The van der Waals surface area contributed by atoms with Crippen molar-refractivity contribution in [1.82, 2.24) is 19.9 Å². The summed E-state index contributed by atoms with van der Waals surface area (Å²) in [7, 11) is 0. The molecule has 14 heteroatoms. The molecule has 0 saturated heterocycles. The minimum atomic E-state index is -4.38. The molecule has 174 valence electrons. The van der Waals surface area contributed by atoms with Crippen LogP contribution in [0.2, 0.25) is 5.15 Å². The SMILES string of the molecule is CCn1c(CNC(=O)c2nc(Cl)c(N)nc2N)[n+](CC)c2ccc(SC(F)(F)F)cc21.[I-]. The number of thioether (sulfide) groups is 1. The van der Waals surface area contributed by atoms with E-state index in [1.165, 1.54) is 12.1 Å². The van der Waals surface area contributed by atoms with Crippen molar-refractivity contribution in [3.63, 3.8) is 0 Å². The van der Waals surface area contributed by atoms with Gasteiger partial charge < -0.3 is 40.8 Å². The van der Waals surface area contributed by atoms with E-state index < -0.39 is 11.4 Å². The first-order chi connectivity index (χ1) is 14.6. The quantitative estimate of drug-likeness (QED) is 0.210. The van der Waals surface area contributed by atoms with E-state index in [0.29, 0.717) is 24.4 Å². The van der Waals surface area contributed by atoms with Gasteiger partial charge >= 0.3 is 5.51 Å². The van der Waals surface area contributed by atoms with Gasteiger partial charge in [0.1, 0.15) is 6.54 Å². The summed E-state index contributed by atoms with van der Waals surface area (Å²) in [5, 5.41) is 2.58. The van der Waals surface area contributed by atoms with Crippen molar-refractivity contribution in [3.8, 4) is 0 Å². The van der Waals surface area contributed by atoms with Gasteiger partial charge in [-0.3, -0.25) is 4.79 Å². The summed E-state index contributed by atoms with van der Waals surface area (Å²) in [6, 6.07) is 4.58. The Morgan fingerprint density at radius 3 is 2.53 bits per heavy atom. The van der Waals surface area contributed by atoms with Crippen LogP contribution in [0, 0.1) is 0 Å². The lowest BCUT2D eigenvalue weighted by Crippen LogP contribution is -3.00. The number of anilines is 2. The smallest absolute Gasteiger partial charge is 0.446 e. The molecule has 0 aliphatic heterocycles. The van der Waals surface area contributed by atoms with Crippen molar-refractivity contribution < 1.29 is 46.5 Å². The number of nitrogen functional groups attached to an aromatic ring is 2. The number of carbonyl (C=O) groups excluding carboxylic acids is 1. The van der Waals surface area contributed by atoms with Gasteiger partial charge in [0.25, 0.3) is 11.7 Å². The van der Waals surface area contributed by atoms with Crippen molar-refractivity contribution in [2.45, 2.75) is 43.9 Å². The Morgan fingerprint density at radius 2 is 1.94 bits per heavy atom. The van der Waals surface area contributed by atoms with Gasteiger partial charge in [0.05, 0.1) is 13.1 Å². The molecule has 5 N–H and O–H groups in total. The summed E-state index contributed by atoms with van der Waals surface area (Å²) in [5.74, 6) is -0.142. The van der Waals surface area contributed by atoms with E-state index >= 15 is 0 Å². The monoisotopic (exact) mass is 601 g/mol. The van der Waals surface area contributed by atoms with Crippen LogP contribution < -0.4 is 45.3 Å². The predicted octanol–water partition coefficient (Wildman–Crippen LogP) is 0.122. The van der Waals surface area contributed by atoms with Crippen LogP contribution >= 0.6 is 23.4 Å². The van der Waals surface area contributed by atoms with Crippen molar-refractivity contribution in [2.75, 3.05) is 11.5 Å². The Bertz CT molecular complexity index is 1160. The highest BCUT2D eigenvalue weighted by atomic mass is 127. The third-order valence-corrected chi connectivity index (χ3v) is 5.54. The van der Waals surface area contributed by atoms with Crippen LogP contribution in [-0.2, 0) is 19.6 Å². The highest BCUT2D eigenvalue weighted by Gasteiger charge is 2.31. The molecule has 0 fully saturated rings. The molecule has 0 unspecified atom stereocenters. The second-order valence-electron chi connectivity index (χ2n) is 6.42. The first-order valence-corrected chi connectivity index (χ1v) is 10.4. The van der Waals surface area contributed by atoms with Crippen LogP contribution in [-0.4, -0.2) is 26.0 Å². The van der Waals surface area contributed by atoms with Crippen LogP contribution in [0.4, 0.5) is 24.8 Å². The Morgan fingerprint density at radius 1 is 1.25 bits per heavy atom. The second kappa shape index (κ2) is 10.3. The first-order valence-electron chi connectivity index (χ1n) is 9.23. The average molecular weight is 602 g/mol. The number of nitrogens with two attached hydrogens (primary N) is 2. The number of aromatic nitrogens is 4. The molecule has 0 radical (unpaired) electrons. The number of halogens is 5. The van der Waals surface area contributed by atoms with Crippen LogP contribution in [0.15, 0.2) is 23.1 Å². The molecule has 0 atom stereocenters. The van der Waals surface area contributed by atoms with Gasteiger partial charge in [-0.25, -0.2) is 19.1 Å². The zero-order valence-electron chi connectivity index (χ0n) is 17.0. The molecule has 0 saturated carbocycles. The lowest BCUT2D eigenvalue weighted by molar-refractivity contribution is -0.676. The fourth-order valence-electron chi connectivity index (χ4n) is 3.32. The Kier molecular flexibility index (Phi) is 8.44. The third-order valence-electron chi connectivity index (χ3n) is 4.54. The molecule has 0 aliphatic carbocycles. The summed E-state index contributed by atoms with van der Waals surface area (Å²) in [6.07, 6.45) is 0. The summed E-state index contributed by atoms with van der Waals surface area (Å²) in [6.45, 7) is 4.91. The Labute approximate surface area is 207 Å². The molecule has 0 spiro atoms. The van der Waals surface area contributed by atoms with Gasteiger partial charge in [0, 0.05) is 11.0 Å². The van der Waals surface area contributed by atoms with Gasteiger partial charge in [0.2, 0.25) is 0 Å². The lowest BCUT2D eigenvalue weighted by Gasteiger charge is -2.08. The number of alkyl halides is 3. The molecule has 1 amide bonds. The maximum absolute atomic E-state index is 12.8. The zero-order valence-corrected chi connectivity index (χ0v) is 20.7. The minimum Gasteiger partial charge on any atom is -1.00 e. The van der Waals surface area contributed by atoms with Gasteiger partial charge in [-0.2, -0.15) is 13.2 Å². The lowest BCUT2D eigenvalue weighted by atomic mass is 10.3. The molecule has 3 rings (SSSR count). The normalized spacial score (nSPS) is 11.4. The van der Waals surface area contributed by atoms with Crippen LogP contribution in [0.25, 0.3) is 11.0 Å². The fourth-order valence-corrected chi connectivity index (χ4v) is 4.02. The predicted molar refractivity (Wildman–Crippen MR) is 112 cm³/mol. The standard InChI is InChI=1S/C18H19ClF3N7OS.HI/c1-3-28-10-6-5-9(31-18(20,21)22)7-11(10)29(4-2)12(28)8-25-17(30)13-15(23)27-16(24)14(19)26-13;/h5-7H,3-4,8H2,1-2H3,(H4-,23,24,25,27,30);1H. The van der Waals surface area contributed by atoms with E-state index in [1.807, 2.05) is 23.0 Å². The van der Waals surface area contributed by atoms with Crippen LogP contribution in [0.1, 0.15) is 30.2 Å². The minimum absolute atomic E-state index is 0. The number of nitrogens with zero attached hydrogens (tertiary/aromatic N) is 4. The molecule has 1 aromatic carbocycles. The number of carbonyl (C=O) groups is 1. The number of amides is 1. The molecular weight excluding hydrogens is 582 g/mol.